The Bertz CT molecular complexity index is 264. The number of aromatic nitrogens is 1. The predicted octanol–water partition coefficient (Wildman–Crippen LogP) is 1.58. The molecule has 1 aromatic rings. The highest BCUT2D eigenvalue weighted by Gasteiger charge is 1.93. The van der Waals surface area contributed by atoms with E-state index in [1.165, 1.54) is 0 Å². The third kappa shape index (κ3) is 1.98. The second-order valence-electron chi connectivity index (χ2n) is 2.27. The molecule has 0 saturated heterocycles. The number of aryl methyl sites for hydroxylation is 1. The zero-order valence-corrected chi connectivity index (χ0v) is 7.18. The molecule has 0 bridgehead atoms. The van der Waals surface area contributed by atoms with Gasteiger partial charge in [0.05, 0.1) is 0 Å². The number of hydrogen-bond donors (Lipinski definition) is 2. The Kier molecular flexibility index (Phi) is 2.54. The van der Waals surface area contributed by atoms with Crippen molar-refractivity contribution in [3.8, 4) is 0 Å². The standard InChI is InChI=1S/C8H10N2S/c1-6-2-3-7(4-10-6)8(9)5-11/h2-5,11H,9H2,1H3/b8-5-. The van der Waals surface area contributed by atoms with Crippen LogP contribution in [0.2, 0.25) is 0 Å². The fourth-order valence-electron chi connectivity index (χ4n) is 0.713. The average molecular weight is 166 g/mol. The van der Waals surface area contributed by atoms with Crippen molar-refractivity contribution in [3.05, 3.63) is 35.0 Å². The van der Waals surface area contributed by atoms with E-state index in [1.54, 1.807) is 11.6 Å². The Hall–Kier alpha value is -0.960. The van der Waals surface area contributed by atoms with E-state index in [1.807, 2.05) is 19.1 Å². The van der Waals surface area contributed by atoms with Crippen LogP contribution in [-0.4, -0.2) is 4.98 Å². The molecular formula is C8H10N2S. The van der Waals surface area contributed by atoms with Crippen molar-refractivity contribution in [2.24, 2.45) is 5.73 Å². The Balaban J connectivity index is 2.99. The molecule has 0 aliphatic carbocycles. The van der Waals surface area contributed by atoms with Crippen molar-refractivity contribution >= 4 is 18.3 Å². The van der Waals surface area contributed by atoms with Crippen LogP contribution in [-0.2, 0) is 0 Å². The van der Waals surface area contributed by atoms with Crippen LogP contribution in [0.15, 0.2) is 23.7 Å². The molecule has 1 aromatic heterocycles. The highest BCUT2D eigenvalue weighted by molar-refractivity contribution is 7.83. The molecule has 0 amide bonds. The van der Waals surface area contributed by atoms with Gasteiger partial charge in [0.2, 0.25) is 0 Å². The van der Waals surface area contributed by atoms with Gasteiger partial charge in [-0.05, 0) is 24.5 Å². The molecule has 1 heterocycles. The molecule has 2 N–H and O–H groups in total. The first kappa shape index (κ1) is 8.14. The molecule has 0 aliphatic rings. The Morgan fingerprint density at radius 2 is 2.36 bits per heavy atom. The van der Waals surface area contributed by atoms with Gasteiger partial charge in [-0.25, -0.2) is 0 Å². The minimum Gasteiger partial charge on any atom is -0.398 e. The van der Waals surface area contributed by atoms with Crippen molar-refractivity contribution < 1.29 is 0 Å². The van der Waals surface area contributed by atoms with Crippen LogP contribution in [0.25, 0.3) is 5.70 Å². The molecule has 58 valence electrons. The fraction of sp³-hybridized carbons (Fsp3) is 0.125. The Morgan fingerprint density at radius 1 is 1.64 bits per heavy atom. The van der Waals surface area contributed by atoms with Gasteiger partial charge in [-0.3, -0.25) is 4.98 Å². The maximum Gasteiger partial charge on any atom is 0.0464 e. The minimum atomic E-state index is 0.640. The summed E-state index contributed by atoms with van der Waals surface area (Å²) in [6, 6.07) is 3.84. The van der Waals surface area contributed by atoms with E-state index in [2.05, 4.69) is 17.6 Å². The number of thiol groups is 1. The molecular weight excluding hydrogens is 156 g/mol. The topological polar surface area (TPSA) is 38.9 Å². The van der Waals surface area contributed by atoms with Crippen molar-refractivity contribution in [1.29, 1.82) is 0 Å². The van der Waals surface area contributed by atoms with Crippen LogP contribution < -0.4 is 5.73 Å². The first-order valence-corrected chi connectivity index (χ1v) is 3.78. The third-order valence-electron chi connectivity index (χ3n) is 1.38. The monoisotopic (exact) mass is 166 g/mol. The Labute approximate surface area is 71.6 Å². The second kappa shape index (κ2) is 3.44. The van der Waals surface area contributed by atoms with Gasteiger partial charge in [0.25, 0.3) is 0 Å². The minimum absolute atomic E-state index is 0.640. The SMILES string of the molecule is Cc1ccc(/C(N)=C/S)cn1. The maximum absolute atomic E-state index is 5.59. The van der Waals surface area contributed by atoms with Crippen LogP contribution in [0.5, 0.6) is 0 Å². The normalized spacial score (nSPS) is 11.6. The maximum atomic E-state index is 5.59. The van der Waals surface area contributed by atoms with Gasteiger partial charge in [0, 0.05) is 23.2 Å². The zero-order valence-electron chi connectivity index (χ0n) is 6.28. The lowest BCUT2D eigenvalue weighted by atomic mass is 10.2. The molecule has 0 aromatic carbocycles. The van der Waals surface area contributed by atoms with E-state index < -0.39 is 0 Å². The van der Waals surface area contributed by atoms with E-state index >= 15 is 0 Å². The molecule has 0 unspecified atom stereocenters. The van der Waals surface area contributed by atoms with Gasteiger partial charge >= 0.3 is 0 Å². The summed E-state index contributed by atoms with van der Waals surface area (Å²) < 4.78 is 0. The quantitative estimate of drug-likeness (QED) is 0.622. The molecule has 0 atom stereocenters. The summed E-state index contributed by atoms with van der Waals surface area (Å²) in [5.41, 5.74) is 8.12. The van der Waals surface area contributed by atoms with E-state index in [9.17, 15) is 0 Å². The summed E-state index contributed by atoms with van der Waals surface area (Å²) in [4.78, 5) is 4.09. The number of nitrogens with zero attached hydrogens (tertiary/aromatic N) is 1. The molecule has 3 heteroatoms. The molecule has 0 radical (unpaired) electrons. The van der Waals surface area contributed by atoms with Crippen LogP contribution in [0.1, 0.15) is 11.3 Å². The third-order valence-corrected chi connectivity index (χ3v) is 1.66. The van der Waals surface area contributed by atoms with Gasteiger partial charge in [-0.15, -0.1) is 12.6 Å². The number of pyridine rings is 1. The first-order valence-electron chi connectivity index (χ1n) is 3.27. The van der Waals surface area contributed by atoms with Crippen molar-refractivity contribution in [2.75, 3.05) is 0 Å². The number of rotatable bonds is 1. The number of nitrogens with two attached hydrogens (primary N) is 1. The van der Waals surface area contributed by atoms with Crippen LogP contribution in [0.4, 0.5) is 0 Å². The van der Waals surface area contributed by atoms with E-state index in [0.29, 0.717) is 5.70 Å². The van der Waals surface area contributed by atoms with E-state index in [-0.39, 0.29) is 0 Å². The molecule has 0 spiro atoms. The first-order chi connectivity index (χ1) is 5.24. The highest BCUT2D eigenvalue weighted by Crippen LogP contribution is 2.07. The molecule has 1 rings (SSSR count). The van der Waals surface area contributed by atoms with Gasteiger partial charge < -0.3 is 5.73 Å². The van der Waals surface area contributed by atoms with Crippen LogP contribution >= 0.6 is 12.6 Å². The van der Waals surface area contributed by atoms with E-state index in [4.69, 9.17) is 5.73 Å². The summed E-state index contributed by atoms with van der Waals surface area (Å²) in [6.07, 6.45) is 1.73. The predicted molar refractivity (Wildman–Crippen MR) is 50.1 cm³/mol. The Morgan fingerprint density at radius 3 is 2.82 bits per heavy atom. The lowest BCUT2D eigenvalue weighted by molar-refractivity contribution is 1.19. The highest BCUT2D eigenvalue weighted by atomic mass is 32.1. The summed E-state index contributed by atoms with van der Waals surface area (Å²) in [5.74, 6) is 0. The largest absolute Gasteiger partial charge is 0.398 e. The fourth-order valence-corrected chi connectivity index (χ4v) is 0.862. The van der Waals surface area contributed by atoms with Crippen LogP contribution in [0, 0.1) is 6.92 Å². The van der Waals surface area contributed by atoms with Gasteiger partial charge in [0.15, 0.2) is 0 Å². The zero-order chi connectivity index (χ0) is 8.27. The lowest BCUT2D eigenvalue weighted by Gasteiger charge is -1.98. The van der Waals surface area contributed by atoms with Gasteiger partial charge in [-0.1, -0.05) is 0 Å². The molecule has 11 heavy (non-hydrogen) atoms. The molecule has 0 aliphatic heterocycles. The van der Waals surface area contributed by atoms with E-state index in [0.717, 1.165) is 11.3 Å². The van der Waals surface area contributed by atoms with Crippen molar-refractivity contribution in [1.82, 2.24) is 4.98 Å². The second-order valence-corrected chi connectivity index (χ2v) is 2.53. The molecule has 2 nitrogen and oxygen atoms in total. The smallest absolute Gasteiger partial charge is 0.0464 e. The summed E-state index contributed by atoms with van der Waals surface area (Å²) >= 11 is 3.94. The number of hydrogen-bond acceptors (Lipinski definition) is 3. The van der Waals surface area contributed by atoms with Crippen LogP contribution in [0.3, 0.4) is 0 Å². The molecule has 0 saturated carbocycles. The average Bonchev–Trinajstić information content (AvgIpc) is 2.05. The summed E-state index contributed by atoms with van der Waals surface area (Å²) in [5, 5.41) is 1.56. The molecule has 0 fully saturated rings. The summed E-state index contributed by atoms with van der Waals surface area (Å²) in [7, 11) is 0. The van der Waals surface area contributed by atoms with Crippen molar-refractivity contribution in [3.63, 3.8) is 0 Å². The lowest BCUT2D eigenvalue weighted by Crippen LogP contribution is -1.95. The summed E-state index contributed by atoms with van der Waals surface area (Å²) in [6.45, 7) is 1.93. The van der Waals surface area contributed by atoms with Gasteiger partial charge in [-0.2, -0.15) is 0 Å². The van der Waals surface area contributed by atoms with Crippen molar-refractivity contribution in [2.45, 2.75) is 6.92 Å². The van der Waals surface area contributed by atoms with Gasteiger partial charge in [0.1, 0.15) is 0 Å².